The molecule has 0 aromatic carbocycles. The molecule has 0 saturated heterocycles. The highest BCUT2D eigenvalue weighted by Crippen LogP contribution is 2.26. The summed E-state index contributed by atoms with van der Waals surface area (Å²) in [7, 11) is 0. The van der Waals surface area contributed by atoms with E-state index in [-0.39, 0.29) is 14.3 Å². The summed E-state index contributed by atoms with van der Waals surface area (Å²) in [5.41, 5.74) is 0. The first kappa shape index (κ1) is 6.54. The predicted molar refractivity (Wildman–Crippen MR) is 33.3 cm³/mol. The first-order valence-corrected chi connectivity index (χ1v) is 3.04. The van der Waals surface area contributed by atoms with Gasteiger partial charge in [-0.3, -0.25) is 0 Å². The first-order chi connectivity index (χ1) is 4.21. The average Bonchev–Trinajstić information content (AvgIpc) is 1.92. The second-order valence-electron chi connectivity index (χ2n) is 2.21. The molecule has 0 atom stereocenters. The lowest BCUT2D eigenvalue weighted by Crippen LogP contribution is -2.13. The van der Waals surface area contributed by atoms with Crippen LogP contribution in [0.2, 0.25) is 0 Å². The summed E-state index contributed by atoms with van der Waals surface area (Å²) in [5.74, 6) is 2.88. The lowest BCUT2D eigenvalue weighted by atomic mass is 10.1. The lowest BCUT2D eigenvalue weighted by Gasteiger charge is -2.10. The molecule has 0 unspecified atom stereocenters. The van der Waals surface area contributed by atoms with Crippen molar-refractivity contribution in [2.45, 2.75) is 31.6 Å². The molecule has 0 nitrogen and oxygen atoms in total. The van der Waals surface area contributed by atoms with Crippen molar-refractivity contribution in [1.82, 2.24) is 0 Å². The molecule has 1 aliphatic carbocycles. The van der Waals surface area contributed by atoms with E-state index < -0.39 is 5.92 Å². The predicted octanol–water partition coefficient (Wildman–Crippen LogP) is 2.45. The fraction of sp³-hybridized carbons (Fsp3) is 0.714. The van der Waals surface area contributed by atoms with Crippen molar-refractivity contribution in [2.24, 2.45) is 0 Å². The van der Waals surface area contributed by atoms with Crippen molar-refractivity contribution in [3.05, 3.63) is 0 Å². The smallest absolute Gasteiger partial charge is 0.207 e. The molecule has 1 rings (SSSR count). The van der Waals surface area contributed by atoms with Crippen LogP contribution in [0, 0.1) is 11.8 Å². The van der Waals surface area contributed by atoms with Gasteiger partial charge >= 0.3 is 0 Å². The van der Waals surface area contributed by atoms with Crippen molar-refractivity contribution < 1.29 is 10.2 Å². The fourth-order valence-corrected chi connectivity index (χ4v) is 0.793. The molecule has 0 radical (unpaired) electrons. The third-order valence-corrected chi connectivity index (χ3v) is 1.36. The SMILES string of the molecule is FC1(F)CCC#CCC1.[HH]. The minimum Gasteiger partial charge on any atom is -0.207 e. The van der Waals surface area contributed by atoms with Crippen LogP contribution in [-0.2, 0) is 0 Å². The summed E-state index contributed by atoms with van der Waals surface area (Å²) < 4.78 is 24.8. The summed E-state index contributed by atoms with van der Waals surface area (Å²) in [6.07, 6.45) is 0.597. The molecule has 0 fully saturated rings. The van der Waals surface area contributed by atoms with Gasteiger partial charge < -0.3 is 0 Å². The van der Waals surface area contributed by atoms with Crippen LogP contribution in [0.25, 0.3) is 0 Å². The number of halogens is 2. The van der Waals surface area contributed by atoms with Crippen LogP contribution in [0.15, 0.2) is 0 Å². The van der Waals surface area contributed by atoms with Gasteiger partial charge in [0.05, 0.1) is 0 Å². The van der Waals surface area contributed by atoms with Crippen LogP contribution in [0.4, 0.5) is 8.78 Å². The van der Waals surface area contributed by atoms with E-state index in [0.29, 0.717) is 12.8 Å². The Morgan fingerprint density at radius 1 is 1.11 bits per heavy atom. The minimum absolute atomic E-state index is 0. The van der Waals surface area contributed by atoms with Crippen LogP contribution >= 0.6 is 0 Å². The summed E-state index contributed by atoms with van der Waals surface area (Å²) in [4.78, 5) is 0. The van der Waals surface area contributed by atoms with Gasteiger partial charge in [0.1, 0.15) is 0 Å². The van der Waals surface area contributed by atoms with E-state index in [1.165, 1.54) is 0 Å². The highest BCUT2D eigenvalue weighted by atomic mass is 19.3. The van der Waals surface area contributed by atoms with Crippen LogP contribution in [-0.4, -0.2) is 5.92 Å². The summed E-state index contributed by atoms with van der Waals surface area (Å²) in [5, 5.41) is 0. The van der Waals surface area contributed by atoms with Crippen molar-refractivity contribution in [3.8, 4) is 11.8 Å². The Balaban J connectivity index is 0.000000810. The lowest BCUT2D eigenvalue weighted by molar-refractivity contribution is -0.0120. The molecule has 9 heavy (non-hydrogen) atoms. The quantitative estimate of drug-likeness (QED) is 0.444. The summed E-state index contributed by atoms with van der Waals surface area (Å²) >= 11 is 0. The molecule has 0 amide bonds. The maximum absolute atomic E-state index is 12.4. The molecule has 0 aromatic rings. The Kier molecular flexibility index (Phi) is 1.70. The molecule has 0 N–H and O–H groups in total. The number of hydrogen-bond donors (Lipinski definition) is 0. The third kappa shape index (κ3) is 2.01. The Hall–Kier alpha value is -0.580. The zero-order valence-corrected chi connectivity index (χ0v) is 5.08. The number of alkyl halides is 2. The van der Waals surface area contributed by atoms with Crippen molar-refractivity contribution in [3.63, 3.8) is 0 Å². The normalized spacial score (nSPS) is 23.8. The van der Waals surface area contributed by atoms with Gasteiger partial charge in [-0.1, -0.05) is 0 Å². The first-order valence-electron chi connectivity index (χ1n) is 3.04. The molecular formula is C7H10F2. The van der Waals surface area contributed by atoms with Gasteiger partial charge in [-0.2, -0.15) is 0 Å². The van der Waals surface area contributed by atoms with Gasteiger partial charge in [-0.15, -0.1) is 11.8 Å². The van der Waals surface area contributed by atoms with Gasteiger partial charge in [0, 0.05) is 27.1 Å². The molecule has 1 aliphatic rings. The van der Waals surface area contributed by atoms with Gasteiger partial charge in [0.2, 0.25) is 5.92 Å². The minimum atomic E-state index is -2.46. The van der Waals surface area contributed by atoms with E-state index in [1.807, 2.05) is 0 Å². The molecular weight excluding hydrogens is 122 g/mol. The largest absolute Gasteiger partial charge is 0.250 e. The van der Waals surface area contributed by atoms with Gasteiger partial charge in [0.25, 0.3) is 0 Å². The molecule has 52 valence electrons. The van der Waals surface area contributed by atoms with E-state index in [4.69, 9.17) is 0 Å². The molecule has 0 aliphatic heterocycles. The van der Waals surface area contributed by atoms with Gasteiger partial charge in [-0.25, -0.2) is 8.78 Å². The Bertz CT molecular complexity index is 141. The van der Waals surface area contributed by atoms with Crippen molar-refractivity contribution in [1.29, 1.82) is 0 Å². The van der Waals surface area contributed by atoms with Crippen molar-refractivity contribution in [2.75, 3.05) is 0 Å². The monoisotopic (exact) mass is 132 g/mol. The van der Waals surface area contributed by atoms with E-state index in [1.54, 1.807) is 0 Å². The van der Waals surface area contributed by atoms with Gasteiger partial charge in [0.15, 0.2) is 0 Å². The Morgan fingerprint density at radius 2 is 1.56 bits per heavy atom. The molecule has 0 saturated carbocycles. The van der Waals surface area contributed by atoms with Crippen LogP contribution in [0.5, 0.6) is 0 Å². The Labute approximate surface area is 54.7 Å². The average molecular weight is 132 g/mol. The summed E-state index contributed by atoms with van der Waals surface area (Å²) in [6.45, 7) is 0. The molecule has 0 bridgehead atoms. The summed E-state index contributed by atoms with van der Waals surface area (Å²) in [6, 6.07) is 0. The molecule has 0 heterocycles. The van der Waals surface area contributed by atoms with Crippen LogP contribution in [0.1, 0.15) is 27.1 Å². The Morgan fingerprint density at radius 3 is 2.00 bits per heavy atom. The van der Waals surface area contributed by atoms with Crippen molar-refractivity contribution >= 4 is 0 Å². The highest BCUT2D eigenvalue weighted by Gasteiger charge is 2.27. The molecule has 2 heteroatoms. The van der Waals surface area contributed by atoms with Gasteiger partial charge in [-0.05, 0) is 0 Å². The number of hydrogen-bond acceptors (Lipinski definition) is 0. The zero-order chi connectivity index (χ0) is 6.74. The molecule has 0 aromatic heterocycles. The molecule has 0 spiro atoms. The topological polar surface area (TPSA) is 0 Å². The number of rotatable bonds is 0. The van der Waals surface area contributed by atoms with Crippen LogP contribution < -0.4 is 0 Å². The standard InChI is InChI=1S/C7H8F2.H2/c8-7(9)5-3-1-2-4-6-7;/h3-6H2;1H. The maximum Gasteiger partial charge on any atom is 0.250 e. The highest BCUT2D eigenvalue weighted by molar-refractivity contribution is 5.02. The second kappa shape index (κ2) is 2.34. The fourth-order valence-electron chi connectivity index (χ4n) is 0.793. The maximum atomic E-state index is 12.4. The van der Waals surface area contributed by atoms with E-state index in [9.17, 15) is 8.78 Å². The van der Waals surface area contributed by atoms with E-state index in [2.05, 4.69) is 11.8 Å². The van der Waals surface area contributed by atoms with E-state index in [0.717, 1.165) is 0 Å². The third-order valence-electron chi connectivity index (χ3n) is 1.36. The zero-order valence-electron chi connectivity index (χ0n) is 5.08. The van der Waals surface area contributed by atoms with Crippen LogP contribution in [0.3, 0.4) is 0 Å². The second-order valence-corrected chi connectivity index (χ2v) is 2.21. The van der Waals surface area contributed by atoms with E-state index >= 15 is 0 Å².